The van der Waals surface area contributed by atoms with Crippen molar-refractivity contribution in [2.24, 2.45) is 0 Å². The molecule has 6 heteroatoms. The average Bonchev–Trinajstić information content (AvgIpc) is 2.71. The van der Waals surface area contributed by atoms with Gasteiger partial charge in [-0.25, -0.2) is 0 Å². The first-order chi connectivity index (χ1) is 13.2. The van der Waals surface area contributed by atoms with Gasteiger partial charge in [0.15, 0.2) is 0 Å². The van der Waals surface area contributed by atoms with Crippen molar-refractivity contribution in [3.8, 4) is 11.5 Å². The van der Waals surface area contributed by atoms with E-state index in [0.29, 0.717) is 30.3 Å². The van der Waals surface area contributed by atoms with E-state index in [1.54, 1.807) is 12.1 Å². The Kier molecular flexibility index (Phi) is 6.54. The quantitative estimate of drug-likeness (QED) is 0.807. The number of nitrogens with one attached hydrogen (secondary N) is 1. The van der Waals surface area contributed by atoms with Gasteiger partial charge in [-0.2, -0.15) is 0 Å². The Labute approximate surface area is 160 Å². The third-order valence-electron chi connectivity index (χ3n) is 4.31. The third kappa shape index (κ3) is 4.92. The standard InChI is InChI=1S/C21H26N2O4/c1-3-26-18-9-10-20(27-4-2)19(15-18)21(24)22-16-5-7-17(8-6-16)23-11-13-25-14-12-23/h5-10,15H,3-4,11-14H2,1-2H3,(H,22,24). The molecule has 144 valence electrons. The Morgan fingerprint density at radius 3 is 2.41 bits per heavy atom. The molecule has 0 aliphatic carbocycles. The second-order valence-corrected chi connectivity index (χ2v) is 6.12. The summed E-state index contributed by atoms with van der Waals surface area (Å²) in [6.07, 6.45) is 0. The lowest BCUT2D eigenvalue weighted by Gasteiger charge is -2.28. The number of carbonyl (C=O) groups is 1. The van der Waals surface area contributed by atoms with Crippen molar-refractivity contribution >= 4 is 17.3 Å². The molecule has 0 aromatic heterocycles. The molecule has 0 bridgehead atoms. The van der Waals surface area contributed by atoms with E-state index < -0.39 is 0 Å². The fourth-order valence-corrected chi connectivity index (χ4v) is 3.00. The lowest BCUT2D eigenvalue weighted by atomic mass is 10.1. The molecule has 3 rings (SSSR count). The number of carbonyl (C=O) groups excluding carboxylic acids is 1. The topological polar surface area (TPSA) is 60.0 Å². The predicted molar refractivity (Wildman–Crippen MR) is 106 cm³/mol. The van der Waals surface area contributed by atoms with Gasteiger partial charge >= 0.3 is 0 Å². The van der Waals surface area contributed by atoms with Crippen molar-refractivity contribution in [1.82, 2.24) is 0 Å². The van der Waals surface area contributed by atoms with Gasteiger partial charge < -0.3 is 24.4 Å². The summed E-state index contributed by atoms with van der Waals surface area (Å²) < 4.78 is 16.5. The summed E-state index contributed by atoms with van der Waals surface area (Å²) in [5.74, 6) is 0.969. The highest BCUT2D eigenvalue weighted by Gasteiger charge is 2.15. The maximum Gasteiger partial charge on any atom is 0.259 e. The van der Waals surface area contributed by atoms with Gasteiger partial charge in [-0.05, 0) is 56.3 Å². The van der Waals surface area contributed by atoms with E-state index >= 15 is 0 Å². The van der Waals surface area contributed by atoms with Crippen molar-refractivity contribution in [3.05, 3.63) is 48.0 Å². The minimum atomic E-state index is -0.223. The first-order valence-corrected chi connectivity index (χ1v) is 9.35. The maximum atomic E-state index is 12.8. The van der Waals surface area contributed by atoms with Crippen LogP contribution in [-0.4, -0.2) is 45.4 Å². The van der Waals surface area contributed by atoms with Gasteiger partial charge in [0.25, 0.3) is 5.91 Å². The van der Waals surface area contributed by atoms with Gasteiger partial charge in [0.1, 0.15) is 11.5 Å². The maximum absolute atomic E-state index is 12.8. The molecule has 1 N–H and O–H groups in total. The molecule has 1 amide bonds. The van der Waals surface area contributed by atoms with E-state index in [0.717, 1.165) is 37.7 Å². The van der Waals surface area contributed by atoms with Crippen molar-refractivity contribution < 1.29 is 19.0 Å². The van der Waals surface area contributed by atoms with Crippen LogP contribution in [0.1, 0.15) is 24.2 Å². The molecule has 1 fully saturated rings. The third-order valence-corrected chi connectivity index (χ3v) is 4.31. The zero-order valence-corrected chi connectivity index (χ0v) is 15.9. The molecule has 1 saturated heterocycles. The molecule has 0 saturated carbocycles. The second kappa shape index (κ2) is 9.28. The SMILES string of the molecule is CCOc1ccc(OCC)c(C(=O)Nc2ccc(N3CCOCC3)cc2)c1. The van der Waals surface area contributed by atoms with Gasteiger partial charge in [-0.3, -0.25) is 4.79 Å². The number of amides is 1. The van der Waals surface area contributed by atoms with Crippen molar-refractivity contribution in [3.63, 3.8) is 0 Å². The van der Waals surface area contributed by atoms with Gasteiger partial charge in [-0.15, -0.1) is 0 Å². The molecule has 27 heavy (non-hydrogen) atoms. The molecule has 6 nitrogen and oxygen atoms in total. The number of benzene rings is 2. The van der Waals surface area contributed by atoms with Crippen LogP contribution in [0.2, 0.25) is 0 Å². The Morgan fingerprint density at radius 1 is 1.04 bits per heavy atom. The Hall–Kier alpha value is -2.73. The van der Waals surface area contributed by atoms with E-state index in [1.165, 1.54) is 0 Å². The van der Waals surface area contributed by atoms with Crippen LogP contribution in [0.5, 0.6) is 11.5 Å². The molecular weight excluding hydrogens is 344 g/mol. The number of anilines is 2. The van der Waals surface area contributed by atoms with E-state index in [1.807, 2.05) is 44.2 Å². The van der Waals surface area contributed by atoms with Crippen molar-refractivity contribution in [1.29, 1.82) is 0 Å². The van der Waals surface area contributed by atoms with Crippen LogP contribution < -0.4 is 19.7 Å². The van der Waals surface area contributed by atoms with Gasteiger partial charge in [0.2, 0.25) is 0 Å². The van der Waals surface area contributed by atoms with Crippen LogP contribution in [-0.2, 0) is 4.74 Å². The highest BCUT2D eigenvalue weighted by molar-refractivity contribution is 6.06. The average molecular weight is 370 g/mol. The zero-order valence-electron chi connectivity index (χ0n) is 15.9. The highest BCUT2D eigenvalue weighted by atomic mass is 16.5. The lowest BCUT2D eigenvalue weighted by molar-refractivity contribution is 0.102. The summed E-state index contributed by atoms with van der Waals surface area (Å²) in [7, 11) is 0. The number of ether oxygens (including phenoxy) is 3. The van der Waals surface area contributed by atoms with Gasteiger partial charge in [-0.1, -0.05) is 0 Å². The van der Waals surface area contributed by atoms with Crippen LogP contribution in [0, 0.1) is 0 Å². The first kappa shape index (κ1) is 19.0. The monoisotopic (exact) mass is 370 g/mol. The molecular formula is C21H26N2O4. The smallest absolute Gasteiger partial charge is 0.259 e. The predicted octanol–water partition coefficient (Wildman–Crippen LogP) is 3.57. The Morgan fingerprint density at radius 2 is 1.74 bits per heavy atom. The number of morpholine rings is 1. The molecule has 1 heterocycles. The van der Waals surface area contributed by atoms with Gasteiger partial charge in [0, 0.05) is 24.5 Å². The Balaban J connectivity index is 1.73. The molecule has 0 radical (unpaired) electrons. The minimum absolute atomic E-state index is 0.223. The van der Waals surface area contributed by atoms with Gasteiger partial charge in [0.05, 0.1) is 32.0 Å². The highest BCUT2D eigenvalue weighted by Crippen LogP contribution is 2.26. The summed E-state index contributed by atoms with van der Waals surface area (Å²) >= 11 is 0. The van der Waals surface area contributed by atoms with Crippen molar-refractivity contribution in [2.75, 3.05) is 49.7 Å². The van der Waals surface area contributed by atoms with E-state index in [9.17, 15) is 4.79 Å². The normalized spacial score (nSPS) is 13.9. The number of hydrogen-bond acceptors (Lipinski definition) is 5. The fraction of sp³-hybridized carbons (Fsp3) is 0.381. The van der Waals surface area contributed by atoms with Crippen LogP contribution in [0.4, 0.5) is 11.4 Å². The molecule has 1 aliphatic rings. The summed E-state index contributed by atoms with van der Waals surface area (Å²) in [5.41, 5.74) is 2.32. The van der Waals surface area contributed by atoms with Crippen LogP contribution in [0.25, 0.3) is 0 Å². The molecule has 0 unspecified atom stereocenters. The number of rotatable bonds is 7. The summed E-state index contributed by atoms with van der Waals surface area (Å²) in [5, 5.41) is 2.94. The first-order valence-electron chi connectivity index (χ1n) is 9.35. The summed E-state index contributed by atoms with van der Waals surface area (Å²) in [6.45, 7) is 8.08. The fourth-order valence-electron chi connectivity index (χ4n) is 3.00. The summed E-state index contributed by atoms with van der Waals surface area (Å²) in [6, 6.07) is 13.1. The molecule has 2 aromatic carbocycles. The molecule has 0 atom stereocenters. The van der Waals surface area contributed by atoms with Crippen LogP contribution >= 0.6 is 0 Å². The van der Waals surface area contributed by atoms with E-state index in [2.05, 4.69) is 10.2 Å². The number of nitrogens with zero attached hydrogens (tertiary/aromatic N) is 1. The van der Waals surface area contributed by atoms with Crippen LogP contribution in [0.3, 0.4) is 0 Å². The van der Waals surface area contributed by atoms with Crippen LogP contribution in [0.15, 0.2) is 42.5 Å². The lowest BCUT2D eigenvalue weighted by Crippen LogP contribution is -2.36. The second-order valence-electron chi connectivity index (χ2n) is 6.12. The van der Waals surface area contributed by atoms with Crippen molar-refractivity contribution in [2.45, 2.75) is 13.8 Å². The molecule has 0 spiro atoms. The molecule has 2 aromatic rings. The van der Waals surface area contributed by atoms with E-state index in [4.69, 9.17) is 14.2 Å². The minimum Gasteiger partial charge on any atom is -0.494 e. The van der Waals surface area contributed by atoms with E-state index in [-0.39, 0.29) is 5.91 Å². The number of hydrogen-bond donors (Lipinski definition) is 1. The molecule has 1 aliphatic heterocycles. The summed E-state index contributed by atoms with van der Waals surface area (Å²) in [4.78, 5) is 15.1. The largest absolute Gasteiger partial charge is 0.494 e. The Bertz CT molecular complexity index is 755. The zero-order chi connectivity index (χ0) is 19.1.